The van der Waals surface area contributed by atoms with Crippen molar-refractivity contribution in [2.45, 2.75) is 17.1 Å². The van der Waals surface area contributed by atoms with Crippen molar-refractivity contribution in [3.63, 3.8) is 0 Å². The number of thioether (sulfide) groups is 1. The van der Waals surface area contributed by atoms with Gasteiger partial charge in [-0.3, -0.25) is 9.59 Å². The number of nitrogens with one attached hydrogen (secondary N) is 2. The minimum atomic E-state index is -1.20. The van der Waals surface area contributed by atoms with Gasteiger partial charge in [-0.1, -0.05) is 12.1 Å². The minimum absolute atomic E-state index is 0.187. The number of hydrogen-bond acceptors (Lipinski definition) is 5. The summed E-state index contributed by atoms with van der Waals surface area (Å²) in [6, 6.07) is 12.2. The molecular weight excluding hydrogens is 354 g/mol. The van der Waals surface area contributed by atoms with Crippen LogP contribution in [0.15, 0.2) is 65.7 Å². The molecule has 0 spiro atoms. The summed E-state index contributed by atoms with van der Waals surface area (Å²) in [7, 11) is 0. The molecule has 2 rings (SSSR count). The van der Waals surface area contributed by atoms with Gasteiger partial charge in [-0.05, 0) is 37.3 Å². The second kappa shape index (κ2) is 9.38. The summed E-state index contributed by atoms with van der Waals surface area (Å²) < 4.78 is 0. The van der Waals surface area contributed by atoms with E-state index in [0.717, 1.165) is 17.0 Å². The molecule has 2 amide bonds. The molecule has 0 aliphatic heterocycles. The third-order valence-electron chi connectivity index (χ3n) is 3.08. The third kappa shape index (κ3) is 6.40. The quantitative estimate of drug-likeness (QED) is 0.510. The molecule has 0 aliphatic rings. The van der Waals surface area contributed by atoms with Crippen LogP contribution in [0.25, 0.3) is 0 Å². The van der Waals surface area contributed by atoms with Gasteiger partial charge in [-0.25, -0.2) is 9.78 Å². The van der Waals surface area contributed by atoms with E-state index in [1.54, 1.807) is 49.5 Å². The minimum Gasteiger partial charge on any atom is -0.478 e. The maximum atomic E-state index is 12.2. The van der Waals surface area contributed by atoms with Crippen LogP contribution in [0, 0.1) is 0 Å². The first-order valence-electron chi connectivity index (χ1n) is 7.64. The number of aromatic nitrogens is 1. The highest BCUT2D eigenvalue weighted by atomic mass is 32.2. The van der Waals surface area contributed by atoms with Gasteiger partial charge in [0, 0.05) is 28.9 Å². The summed E-state index contributed by atoms with van der Waals surface area (Å²) in [5.41, 5.74) is 0.507. The van der Waals surface area contributed by atoms with E-state index in [0.29, 0.717) is 11.5 Å². The largest absolute Gasteiger partial charge is 0.478 e. The van der Waals surface area contributed by atoms with Crippen molar-refractivity contribution in [3.05, 3.63) is 60.8 Å². The normalized spacial score (nSPS) is 11.7. The number of benzene rings is 1. The van der Waals surface area contributed by atoms with Gasteiger partial charge in [-0.2, -0.15) is 0 Å². The predicted molar refractivity (Wildman–Crippen MR) is 100 cm³/mol. The van der Waals surface area contributed by atoms with Crippen molar-refractivity contribution >= 4 is 41.1 Å². The molecule has 0 radical (unpaired) electrons. The Morgan fingerprint density at radius 3 is 2.62 bits per heavy atom. The molecule has 0 saturated heterocycles. The highest BCUT2D eigenvalue weighted by Gasteiger charge is 2.15. The van der Waals surface area contributed by atoms with E-state index < -0.39 is 11.9 Å². The molecule has 1 heterocycles. The predicted octanol–water partition coefficient (Wildman–Crippen LogP) is 2.78. The van der Waals surface area contributed by atoms with Gasteiger partial charge in [0.1, 0.15) is 5.82 Å². The van der Waals surface area contributed by atoms with Gasteiger partial charge in [0.25, 0.3) is 0 Å². The van der Waals surface area contributed by atoms with Crippen molar-refractivity contribution in [1.82, 2.24) is 4.98 Å². The Bertz CT molecular complexity index is 824. The van der Waals surface area contributed by atoms with Crippen molar-refractivity contribution in [2.75, 3.05) is 10.6 Å². The molecule has 0 saturated carbocycles. The van der Waals surface area contributed by atoms with Crippen LogP contribution in [0.3, 0.4) is 0 Å². The molecule has 7 nitrogen and oxygen atoms in total. The summed E-state index contributed by atoms with van der Waals surface area (Å²) in [6.07, 6.45) is 3.29. The van der Waals surface area contributed by atoms with Crippen molar-refractivity contribution in [3.8, 4) is 0 Å². The summed E-state index contributed by atoms with van der Waals surface area (Å²) >= 11 is 1.33. The van der Waals surface area contributed by atoms with Crippen molar-refractivity contribution in [2.24, 2.45) is 0 Å². The van der Waals surface area contributed by atoms with Crippen LogP contribution in [-0.2, 0) is 14.4 Å². The van der Waals surface area contributed by atoms with Crippen LogP contribution in [0.5, 0.6) is 0 Å². The molecule has 1 aromatic heterocycles. The van der Waals surface area contributed by atoms with Gasteiger partial charge in [0.2, 0.25) is 11.8 Å². The lowest BCUT2D eigenvalue weighted by Gasteiger charge is -2.12. The number of carbonyl (C=O) groups is 3. The number of carboxylic acid groups (broad SMARTS) is 1. The van der Waals surface area contributed by atoms with Crippen molar-refractivity contribution < 1.29 is 19.5 Å². The van der Waals surface area contributed by atoms with E-state index in [4.69, 9.17) is 5.11 Å². The lowest BCUT2D eigenvalue weighted by molar-refractivity contribution is -0.131. The van der Waals surface area contributed by atoms with Crippen LogP contribution in [0.2, 0.25) is 0 Å². The SMILES string of the molecule is CC(Sc1cccc(NC(=O)/C=C/C(=O)O)c1)C(=O)Nc1ccccn1. The number of nitrogens with zero attached hydrogens (tertiary/aromatic N) is 1. The zero-order valence-electron chi connectivity index (χ0n) is 13.9. The topological polar surface area (TPSA) is 108 Å². The maximum absolute atomic E-state index is 12.2. The molecule has 1 unspecified atom stereocenters. The Kier molecular flexibility index (Phi) is 6.92. The van der Waals surface area contributed by atoms with Gasteiger partial charge in [0.15, 0.2) is 0 Å². The monoisotopic (exact) mass is 371 g/mol. The Morgan fingerprint density at radius 1 is 1.12 bits per heavy atom. The smallest absolute Gasteiger partial charge is 0.328 e. The molecule has 134 valence electrons. The number of pyridine rings is 1. The summed E-state index contributed by atoms with van der Waals surface area (Å²) in [5.74, 6) is -1.45. The first-order valence-corrected chi connectivity index (χ1v) is 8.52. The summed E-state index contributed by atoms with van der Waals surface area (Å²) in [5, 5.41) is 13.4. The highest BCUT2D eigenvalue weighted by Crippen LogP contribution is 2.26. The molecule has 0 aliphatic carbocycles. The number of carboxylic acids is 1. The lowest BCUT2D eigenvalue weighted by Crippen LogP contribution is -2.22. The lowest BCUT2D eigenvalue weighted by atomic mass is 10.3. The summed E-state index contributed by atoms with van der Waals surface area (Å²) in [6.45, 7) is 1.77. The zero-order valence-corrected chi connectivity index (χ0v) is 14.7. The van der Waals surface area contributed by atoms with Crippen LogP contribution in [-0.4, -0.2) is 33.1 Å². The second-order valence-corrected chi connectivity index (χ2v) is 6.57. The molecule has 2 aromatic rings. The molecule has 26 heavy (non-hydrogen) atoms. The van der Waals surface area contributed by atoms with Gasteiger partial charge < -0.3 is 15.7 Å². The average molecular weight is 371 g/mol. The Balaban J connectivity index is 1.95. The van der Waals surface area contributed by atoms with Gasteiger partial charge >= 0.3 is 5.97 Å². The number of aliphatic carboxylic acids is 1. The fourth-order valence-corrected chi connectivity index (χ4v) is 2.83. The molecule has 1 atom stereocenters. The van der Waals surface area contributed by atoms with Gasteiger partial charge in [0.05, 0.1) is 5.25 Å². The molecule has 0 fully saturated rings. The number of rotatable bonds is 7. The fourth-order valence-electron chi connectivity index (χ4n) is 1.90. The van der Waals surface area contributed by atoms with E-state index in [-0.39, 0.29) is 11.2 Å². The van der Waals surface area contributed by atoms with Crippen molar-refractivity contribution in [1.29, 1.82) is 0 Å². The summed E-state index contributed by atoms with van der Waals surface area (Å²) in [4.78, 5) is 39.1. The van der Waals surface area contributed by atoms with Crippen LogP contribution >= 0.6 is 11.8 Å². The Labute approximate surface area is 154 Å². The van der Waals surface area contributed by atoms with Crippen LogP contribution in [0.1, 0.15) is 6.92 Å². The van der Waals surface area contributed by atoms with E-state index in [1.807, 2.05) is 6.07 Å². The third-order valence-corrected chi connectivity index (χ3v) is 4.17. The Morgan fingerprint density at radius 2 is 1.92 bits per heavy atom. The molecular formula is C18H17N3O4S. The number of hydrogen-bond donors (Lipinski definition) is 3. The second-order valence-electron chi connectivity index (χ2n) is 5.15. The van der Waals surface area contributed by atoms with Crippen LogP contribution in [0.4, 0.5) is 11.5 Å². The molecule has 1 aromatic carbocycles. The number of carbonyl (C=O) groups excluding carboxylic acids is 2. The highest BCUT2D eigenvalue weighted by molar-refractivity contribution is 8.00. The molecule has 0 bridgehead atoms. The number of amides is 2. The molecule has 3 N–H and O–H groups in total. The van der Waals surface area contributed by atoms with Gasteiger partial charge in [-0.15, -0.1) is 11.8 Å². The number of anilines is 2. The van der Waals surface area contributed by atoms with E-state index in [9.17, 15) is 14.4 Å². The average Bonchev–Trinajstić information content (AvgIpc) is 2.61. The van der Waals surface area contributed by atoms with Crippen LogP contribution < -0.4 is 10.6 Å². The van der Waals surface area contributed by atoms with E-state index >= 15 is 0 Å². The Hall–Kier alpha value is -3.13. The first-order chi connectivity index (χ1) is 12.4. The first kappa shape index (κ1) is 19.2. The molecule has 8 heteroatoms. The zero-order chi connectivity index (χ0) is 18.9. The van der Waals surface area contributed by atoms with E-state index in [2.05, 4.69) is 15.6 Å². The fraction of sp³-hybridized carbons (Fsp3) is 0.111. The maximum Gasteiger partial charge on any atom is 0.328 e. The van der Waals surface area contributed by atoms with E-state index in [1.165, 1.54) is 11.8 Å². The standard InChI is InChI=1S/C18H17N3O4S/c1-12(18(25)21-15-7-2-3-10-19-15)26-14-6-4-5-13(11-14)20-16(22)8-9-17(23)24/h2-12H,1H3,(H,20,22)(H,23,24)(H,19,21,25)/b9-8+.